The SMILES string of the molecule is CC(=O)c1c(-c2ccc(F)cc2)noc1CBr. The maximum atomic E-state index is 12.8. The van der Waals surface area contributed by atoms with Crippen LogP contribution in [0, 0.1) is 5.82 Å². The van der Waals surface area contributed by atoms with Gasteiger partial charge in [-0.25, -0.2) is 4.39 Å². The van der Waals surface area contributed by atoms with Gasteiger partial charge in [-0.15, -0.1) is 0 Å². The first kappa shape index (κ1) is 12.0. The fourth-order valence-corrected chi connectivity index (χ4v) is 1.97. The van der Waals surface area contributed by atoms with Crippen molar-refractivity contribution >= 4 is 21.7 Å². The van der Waals surface area contributed by atoms with Gasteiger partial charge in [0.15, 0.2) is 11.5 Å². The molecule has 2 rings (SSSR count). The minimum atomic E-state index is -0.331. The summed E-state index contributed by atoms with van der Waals surface area (Å²) in [6, 6.07) is 5.78. The lowest BCUT2D eigenvalue weighted by Gasteiger charge is -1.99. The number of hydrogen-bond donors (Lipinski definition) is 0. The molecule has 0 atom stereocenters. The summed E-state index contributed by atoms with van der Waals surface area (Å²) in [5, 5.41) is 4.27. The highest BCUT2D eigenvalue weighted by Gasteiger charge is 2.20. The van der Waals surface area contributed by atoms with Crippen molar-refractivity contribution in [3.8, 4) is 11.3 Å². The van der Waals surface area contributed by atoms with Crippen LogP contribution in [0.5, 0.6) is 0 Å². The number of Topliss-reactive ketones (excluding diaryl/α,β-unsaturated/α-hetero) is 1. The smallest absolute Gasteiger partial charge is 0.165 e. The molecule has 0 N–H and O–H groups in total. The normalized spacial score (nSPS) is 10.5. The third kappa shape index (κ3) is 2.29. The lowest BCUT2D eigenvalue weighted by molar-refractivity contribution is 0.101. The third-order valence-electron chi connectivity index (χ3n) is 2.35. The first-order valence-electron chi connectivity index (χ1n) is 4.95. The molecule has 2 aromatic rings. The number of aromatic nitrogens is 1. The lowest BCUT2D eigenvalue weighted by Crippen LogP contribution is -1.97. The lowest BCUT2D eigenvalue weighted by atomic mass is 10.0. The van der Waals surface area contributed by atoms with Gasteiger partial charge in [-0.3, -0.25) is 4.79 Å². The highest BCUT2D eigenvalue weighted by atomic mass is 79.9. The number of halogens is 2. The fraction of sp³-hybridized carbons (Fsp3) is 0.167. The van der Waals surface area contributed by atoms with Gasteiger partial charge in [0.1, 0.15) is 11.5 Å². The predicted molar refractivity (Wildman–Crippen MR) is 64.5 cm³/mol. The average Bonchev–Trinajstić information content (AvgIpc) is 2.73. The second-order valence-electron chi connectivity index (χ2n) is 3.53. The molecule has 0 unspecified atom stereocenters. The van der Waals surface area contributed by atoms with Crippen LogP contribution < -0.4 is 0 Å². The number of alkyl halides is 1. The molecule has 5 heteroatoms. The van der Waals surface area contributed by atoms with Gasteiger partial charge >= 0.3 is 0 Å². The molecule has 1 aromatic heterocycles. The second kappa shape index (κ2) is 4.79. The molecule has 88 valence electrons. The summed E-state index contributed by atoms with van der Waals surface area (Å²) < 4.78 is 17.9. The second-order valence-corrected chi connectivity index (χ2v) is 4.09. The van der Waals surface area contributed by atoms with Crippen LogP contribution in [0.15, 0.2) is 28.8 Å². The summed E-state index contributed by atoms with van der Waals surface area (Å²) in [6.45, 7) is 1.45. The Labute approximate surface area is 106 Å². The van der Waals surface area contributed by atoms with Crippen LogP contribution in [0.25, 0.3) is 11.3 Å². The summed E-state index contributed by atoms with van der Waals surface area (Å²) in [5.74, 6) is 0.0270. The maximum absolute atomic E-state index is 12.8. The quantitative estimate of drug-likeness (QED) is 0.642. The molecule has 0 aliphatic carbocycles. The molecule has 0 saturated carbocycles. The van der Waals surface area contributed by atoms with E-state index in [0.717, 1.165) is 0 Å². The van der Waals surface area contributed by atoms with E-state index in [1.54, 1.807) is 12.1 Å². The monoisotopic (exact) mass is 297 g/mol. The van der Waals surface area contributed by atoms with Gasteiger partial charge in [0.05, 0.1) is 10.9 Å². The van der Waals surface area contributed by atoms with Crippen LogP contribution in [0.4, 0.5) is 4.39 Å². The zero-order chi connectivity index (χ0) is 12.4. The van der Waals surface area contributed by atoms with Gasteiger partial charge in [-0.2, -0.15) is 0 Å². The molecule has 0 amide bonds. The summed E-state index contributed by atoms with van der Waals surface area (Å²) >= 11 is 3.23. The van der Waals surface area contributed by atoms with Gasteiger partial charge in [0, 0.05) is 5.56 Å². The fourth-order valence-electron chi connectivity index (χ4n) is 1.58. The van der Waals surface area contributed by atoms with Crippen LogP contribution in [-0.2, 0) is 5.33 Å². The highest BCUT2D eigenvalue weighted by molar-refractivity contribution is 9.08. The van der Waals surface area contributed by atoms with E-state index in [1.165, 1.54) is 19.1 Å². The van der Waals surface area contributed by atoms with Crippen molar-refractivity contribution in [2.45, 2.75) is 12.3 Å². The van der Waals surface area contributed by atoms with Crippen molar-refractivity contribution in [2.75, 3.05) is 0 Å². The van der Waals surface area contributed by atoms with Gasteiger partial charge in [0.2, 0.25) is 0 Å². The summed E-state index contributed by atoms with van der Waals surface area (Å²) in [6.07, 6.45) is 0. The standard InChI is InChI=1S/C12H9BrFNO2/c1-7(16)11-10(6-13)17-15-12(11)8-2-4-9(14)5-3-8/h2-5H,6H2,1H3. The number of carbonyl (C=O) groups excluding carboxylic acids is 1. The van der Waals surface area contributed by atoms with Crippen molar-refractivity contribution in [1.82, 2.24) is 5.16 Å². The molecule has 0 radical (unpaired) electrons. The highest BCUT2D eigenvalue weighted by Crippen LogP contribution is 2.27. The molecule has 0 aliphatic heterocycles. The van der Waals surface area contributed by atoms with E-state index in [1.807, 2.05) is 0 Å². The van der Waals surface area contributed by atoms with Crippen LogP contribution in [0.1, 0.15) is 23.0 Å². The van der Waals surface area contributed by atoms with E-state index in [0.29, 0.717) is 27.9 Å². The van der Waals surface area contributed by atoms with E-state index < -0.39 is 0 Å². The Morgan fingerprint density at radius 1 is 1.41 bits per heavy atom. The Kier molecular flexibility index (Phi) is 3.38. The Balaban J connectivity index is 2.55. The van der Waals surface area contributed by atoms with E-state index in [-0.39, 0.29) is 11.6 Å². The number of rotatable bonds is 3. The van der Waals surface area contributed by atoms with Crippen LogP contribution in [0.3, 0.4) is 0 Å². The minimum absolute atomic E-state index is 0.125. The molecule has 0 aliphatic rings. The molecule has 17 heavy (non-hydrogen) atoms. The molecule has 0 spiro atoms. The molecular formula is C12H9BrFNO2. The van der Waals surface area contributed by atoms with Crippen LogP contribution >= 0.6 is 15.9 Å². The number of hydrogen-bond acceptors (Lipinski definition) is 3. The Morgan fingerprint density at radius 3 is 2.59 bits per heavy atom. The van der Waals surface area contributed by atoms with Crippen molar-refractivity contribution in [1.29, 1.82) is 0 Å². The number of carbonyl (C=O) groups is 1. The molecule has 0 bridgehead atoms. The van der Waals surface area contributed by atoms with Crippen molar-refractivity contribution in [2.24, 2.45) is 0 Å². The van der Waals surface area contributed by atoms with Crippen LogP contribution in [0.2, 0.25) is 0 Å². The van der Waals surface area contributed by atoms with E-state index in [9.17, 15) is 9.18 Å². The Hall–Kier alpha value is -1.49. The molecule has 1 aromatic carbocycles. The Bertz CT molecular complexity index is 548. The topological polar surface area (TPSA) is 43.1 Å². The van der Waals surface area contributed by atoms with Gasteiger partial charge in [0.25, 0.3) is 0 Å². The van der Waals surface area contributed by atoms with Gasteiger partial charge < -0.3 is 4.52 Å². The molecule has 3 nitrogen and oxygen atoms in total. The predicted octanol–water partition coefficient (Wildman–Crippen LogP) is 3.58. The average molecular weight is 298 g/mol. The van der Waals surface area contributed by atoms with E-state index >= 15 is 0 Å². The Morgan fingerprint density at radius 2 is 2.06 bits per heavy atom. The molecule has 0 saturated heterocycles. The zero-order valence-electron chi connectivity index (χ0n) is 9.04. The zero-order valence-corrected chi connectivity index (χ0v) is 10.6. The summed E-state index contributed by atoms with van der Waals surface area (Å²) in [4.78, 5) is 11.6. The van der Waals surface area contributed by atoms with E-state index in [2.05, 4.69) is 21.1 Å². The summed E-state index contributed by atoms with van der Waals surface area (Å²) in [7, 11) is 0. The molecular weight excluding hydrogens is 289 g/mol. The minimum Gasteiger partial charge on any atom is -0.359 e. The number of ketones is 1. The maximum Gasteiger partial charge on any atom is 0.165 e. The number of benzene rings is 1. The molecule has 0 fully saturated rings. The van der Waals surface area contributed by atoms with Gasteiger partial charge in [-0.05, 0) is 31.2 Å². The van der Waals surface area contributed by atoms with Crippen LogP contribution in [-0.4, -0.2) is 10.9 Å². The van der Waals surface area contributed by atoms with Crippen molar-refractivity contribution in [3.05, 3.63) is 41.4 Å². The van der Waals surface area contributed by atoms with E-state index in [4.69, 9.17) is 4.52 Å². The number of nitrogens with zero attached hydrogens (tertiary/aromatic N) is 1. The van der Waals surface area contributed by atoms with Crippen molar-refractivity contribution < 1.29 is 13.7 Å². The molecule has 1 heterocycles. The van der Waals surface area contributed by atoms with Gasteiger partial charge in [-0.1, -0.05) is 21.1 Å². The van der Waals surface area contributed by atoms with Crippen molar-refractivity contribution in [3.63, 3.8) is 0 Å². The third-order valence-corrected chi connectivity index (χ3v) is 2.86. The summed E-state index contributed by atoms with van der Waals surface area (Å²) in [5.41, 5.74) is 1.55. The largest absolute Gasteiger partial charge is 0.359 e. The first-order valence-corrected chi connectivity index (χ1v) is 6.07. The first-order chi connectivity index (χ1) is 8.13.